The Bertz CT molecular complexity index is 972. The standard InChI is InChI=1S/C25H32O10S/c26-13-17(33-8-7-32-9-10-36)11-15-5-6-16(28)12-19(15)18-3-1-2-4-20(18)34-25-24(31)23(30)22(29)21(14-27)35-25/h1-6,12-13,17,21-25,27-31,36H,7-11,14H2/t17?,21-,22-,23?,24-,25-/m1/s1. The molecule has 2 aromatic rings. The van der Waals surface area contributed by atoms with E-state index in [9.17, 15) is 30.3 Å². The molecule has 2 aromatic carbocycles. The van der Waals surface area contributed by atoms with Crippen LogP contribution in [0.15, 0.2) is 42.5 Å². The molecule has 5 N–H and O–H groups in total. The van der Waals surface area contributed by atoms with Gasteiger partial charge in [0.1, 0.15) is 48.3 Å². The monoisotopic (exact) mass is 524 g/mol. The molecule has 0 radical (unpaired) electrons. The van der Waals surface area contributed by atoms with E-state index in [2.05, 4.69) is 12.6 Å². The lowest BCUT2D eigenvalue weighted by molar-refractivity contribution is -0.277. The fourth-order valence-electron chi connectivity index (χ4n) is 3.86. The summed E-state index contributed by atoms with van der Waals surface area (Å²) in [5.41, 5.74) is 1.75. The van der Waals surface area contributed by atoms with Gasteiger partial charge < -0.3 is 49.3 Å². The number of carbonyl (C=O) groups excluding carboxylic acids is 1. The molecule has 1 heterocycles. The largest absolute Gasteiger partial charge is 0.508 e. The average Bonchev–Trinajstić information content (AvgIpc) is 2.89. The Morgan fingerprint density at radius 3 is 2.50 bits per heavy atom. The van der Waals surface area contributed by atoms with E-state index < -0.39 is 43.4 Å². The molecular formula is C25H32O10S. The van der Waals surface area contributed by atoms with Crippen molar-refractivity contribution in [3.63, 3.8) is 0 Å². The molecule has 0 saturated carbocycles. The van der Waals surface area contributed by atoms with E-state index in [0.29, 0.717) is 41.9 Å². The van der Waals surface area contributed by atoms with E-state index in [4.69, 9.17) is 18.9 Å². The molecule has 1 saturated heterocycles. The third-order valence-corrected chi connectivity index (χ3v) is 5.91. The molecular weight excluding hydrogens is 492 g/mol. The third kappa shape index (κ3) is 7.17. The van der Waals surface area contributed by atoms with Gasteiger partial charge in [-0.2, -0.15) is 12.6 Å². The van der Waals surface area contributed by atoms with E-state index in [0.717, 1.165) is 0 Å². The summed E-state index contributed by atoms with van der Waals surface area (Å²) >= 11 is 4.07. The Balaban J connectivity index is 1.83. The summed E-state index contributed by atoms with van der Waals surface area (Å²) in [5.74, 6) is 0.816. The smallest absolute Gasteiger partial charge is 0.229 e. The van der Waals surface area contributed by atoms with Gasteiger partial charge in [0, 0.05) is 17.7 Å². The maximum Gasteiger partial charge on any atom is 0.229 e. The highest BCUT2D eigenvalue weighted by molar-refractivity contribution is 7.80. The van der Waals surface area contributed by atoms with Gasteiger partial charge in [-0.25, -0.2) is 0 Å². The normalized spacial score (nSPS) is 24.9. The molecule has 0 aromatic heterocycles. The van der Waals surface area contributed by atoms with Crippen LogP contribution in [-0.4, -0.2) is 101 Å². The summed E-state index contributed by atoms with van der Waals surface area (Å²) in [6.45, 7) is 0.437. The Kier molecular flexibility index (Phi) is 11.0. The van der Waals surface area contributed by atoms with E-state index in [1.807, 2.05) is 0 Å². The van der Waals surface area contributed by atoms with Crippen LogP contribution in [0.5, 0.6) is 11.5 Å². The summed E-state index contributed by atoms with van der Waals surface area (Å²) in [5, 5.41) is 50.1. The molecule has 2 unspecified atom stereocenters. The van der Waals surface area contributed by atoms with Gasteiger partial charge in [0.25, 0.3) is 0 Å². The summed E-state index contributed by atoms with van der Waals surface area (Å²) in [7, 11) is 0. The van der Waals surface area contributed by atoms with Crippen molar-refractivity contribution < 1.29 is 49.3 Å². The van der Waals surface area contributed by atoms with Crippen LogP contribution in [0.2, 0.25) is 0 Å². The van der Waals surface area contributed by atoms with Gasteiger partial charge in [-0.15, -0.1) is 0 Å². The summed E-state index contributed by atoms with van der Waals surface area (Å²) in [4.78, 5) is 11.7. The van der Waals surface area contributed by atoms with Gasteiger partial charge >= 0.3 is 0 Å². The van der Waals surface area contributed by atoms with E-state index in [-0.39, 0.29) is 24.5 Å². The molecule has 1 aliphatic rings. The van der Waals surface area contributed by atoms with Crippen molar-refractivity contribution >= 4 is 18.9 Å². The van der Waals surface area contributed by atoms with Crippen LogP contribution in [0.4, 0.5) is 0 Å². The summed E-state index contributed by atoms with van der Waals surface area (Å²) in [6, 6.07) is 11.5. The van der Waals surface area contributed by atoms with Crippen LogP contribution in [-0.2, 0) is 25.4 Å². The number of hydrogen-bond acceptors (Lipinski definition) is 11. The zero-order valence-electron chi connectivity index (χ0n) is 19.6. The summed E-state index contributed by atoms with van der Waals surface area (Å²) in [6.07, 6.45) is -7.05. The zero-order valence-corrected chi connectivity index (χ0v) is 20.4. The molecule has 6 atom stereocenters. The molecule has 1 aliphatic heterocycles. The predicted molar refractivity (Wildman–Crippen MR) is 132 cm³/mol. The van der Waals surface area contributed by atoms with E-state index >= 15 is 0 Å². The Morgan fingerprint density at radius 2 is 1.78 bits per heavy atom. The number of phenols is 1. The van der Waals surface area contributed by atoms with Crippen LogP contribution in [0.1, 0.15) is 5.56 Å². The van der Waals surface area contributed by atoms with Crippen LogP contribution < -0.4 is 4.74 Å². The lowest BCUT2D eigenvalue weighted by Crippen LogP contribution is -2.60. The molecule has 36 heavy (non-hydrogen) atoms. The first kappa shape index (κ1) is 28.4. The molecule has 10 nitrogen and oxygen atoms in total. The van der Waals surface area contributed by atoms with Crippen molar-refractivity contribution in [1.82, 2.24) is 0 Å². The molecule has 1 fully saturated rings. The molecule has 198 valence electrons. The second-order valence-corrected chi connectivity index (χ2v) is 8.69. The van der Waals surface area contributed by atoms with Gasteiger partial charge in [-0.1, -0.05) is 24.3 Å². The number of rotatable bonds is 13. The second-order valence-electron chi connectivity index (χ2n) is 8.24. The van der Waals surface area contributed by atoms with Gasteiger partial charge in [0.15, 0.2) is 0 Å². The van der Waals surface area contributed by atoms with Crippen molar-refractivity contribution in [2.75, 3.05) is 32.2 Å². The van der Waals surface area contributed by atoms with E-state index in [1.165, 1.54) is 12.1 Å². The second kappa shape index (κ2) is 13.9. The zero-order chi connectivity index (χ0) is 26.1. The number of benzene rings is 2. The number of aldehydes is 1. The molecule has 0 aliphatic carbocycles. The number of carbonyl (C=O) groups is 1. The van der Waals surface area contributed by atoms with Crippen LogP contribution >= 0.6 is 12.6 Å². The summed E-state index contributed by atoms with van der Waals surface area (Å²) < 4.78 is 22.3. The topological polar surface area (TPSA) is 155 Å². The first-order valence-electron chi connectivity index (χ1n) is 11.5. The Hall–Kier alpha value is -2.22. The predicted octanol–water partition coefficient (Wildman–Crippen LogP) is 0.311. The first-order chi connectivity index (χ1) is 17.4. The molecule has 0 bridgehead atoms. The molecule has 0 spiro atoms. The van der Waals surface area contributed by atoms with Crippen molar-refractivity contribution in [2.45, 2.75) is 43.2 Å². The molecule has 3 rings (SSSR count). The Morgan fingerprint density at radius 1 is 1.00 bits per heavy atom. The number of phenolic OH excluding ortho intramolecular Hbond substituents is 1. The van der Waals surface area contributed by atoms with Crippen LogP contribution in [0.25, 0.3) is 11.1 Å². The van der Waals surface area contributed by atoms with Crippen molar-refractivity contribution in [1.29, 1.82) is 0 Å². The molecule has 11 heteroatoms. The van der Waals surface area contributed by atoms with Crippen molar-refractivity contribution in [3.8, 4) is 22.6 Å². The third-order valence-electron chi connectivity index (χ3n) is 5.73. The van der Waals surface area contributed by atoms with Gasteiger partial charge in [0.2, 0.25) is 6.29 Å². The lowest BCUT2D eigenvalue weighted by Gasteiger charge is -2.39. The van der Waals surface area contributed by atoms with Crippen LogP contribution in [0, 0.1) is 0 Å². The quantitative estimate of drug-likeness (QED) is 0.123. The minimum Gasteiger partial charge on any atom is -0.508 e. The first-order valence-corrected chi connectivity index (χ1v) is 12.2. The fraction of sp³-hybridized carbons (Fsp3) is 0.480. The number of aliphatic hydroxyl groups is 4. The number of hydrogen-bond donors (Lipinski definition) is 6. The SMILES string of the molecule is O=CC(Cc1ccc(O)cc1-c1ccccc1O[C@@H]1O[C@H](CO)[C@@H](O)C(O)[C@H]1O)OCCOCCS. The van der Waals surface area contributed by atoms with E-state index in [1.54, 1.807) is 30.3 Å². The fourth-order valence-corrected chi connectivity index (χ4v) is 3.99. The number of para-hydroxylation sites is 1. The van der Waals surface area contributed by atoms with Gasteiger partial charge in [-0.3, -0.25) is 0 Å². The van der Waals surface area contributed by atoms with Gasteiger partial charge in [-0.05, 0) is 29.3 Å². The minimum absolute atomic E-state index is 0.0138. The number of aliphatic hydroxyl groups excluding tert-OH is 4. The lowest BCUT2D eigenvalue weighted by atomic mass is 9.95. The maximum absolute atomic E-state index is 11.7. The number of aromatic hydroxyl groups is 1. The van der Waals surface area contributed by atoms with Crippen LogP contribution in [0.3, 0.4) is 0 Å². The highest BCUT2D eigenvalue weighted by Crippen LogP contribution is 2.37. The van der Waals surface area contributed by atoms with Crippen molar-refractivity contribution in [2.24, 2.45) is 0 Å². The highest BCUT2D eigenvalue weighted by atomic mass is 32.1. The maximum atomic E-state index is 11.7. The minimum atomic E-state index is -1.59. The van der Waals surface area contributed by atoms with Crippen molar-refractivity contribution in [3.05, 3.63) is 48.0 Å². The Labute approximate surface area is 214 Å². The highest BCUT2D eigenvalue weighted by Gasteiger charge is 2.44. The number of ether oxygens (including phenoxy) is 4. The average molecular weight is 525 g/mol. The molecule has 0 amide bonds. The number of thiol groups is 1. The van der Waals surface area contributed by atoms with Gasteiger partial charge in [0.05, 0.1) is 26.4 Å².